The fourth-order valence-electron chi connectivity index (χ4n) is 4.70. The van der Waals surface area contributed by atoms with Crippen LogP contribution in [0.3, 0.4) is 0 Å². The van der Waals surface area contributed by atoms with Gasteiger partial charge >= 0.3 is 5.91 Å². The van der Waals surface area contributed by atoms with Gasteiger partial charge in [-0.25, -0.2) is 4.98 Å². The lowest BCUT2D eigenvalue weighted by Gasteiger charge is -2.24. The van der Waals surface area contributed by atoms with Crippen LogP contribution >= 0.6 is 11.6 Å². The molecule has 1 fully saturated rings. The number of carbonyl (C=O) groups is 2. The first kappa shape index (κ1) is 25.4. The highest BCUT2D eigenvalue weighted by atomic mass is 35.5. The zero-order chi connectivity index (χ0) is 27.3. The third-order valence-electron chi connectivity index (χ3n) is 6.90. The first-order chi connectivity index (χ1) is 18.1. The average Bonchev–Trinajstić information content (AvgIpc) is 3.41. The zero-order valence-corrected chi connectivity index (χ0v) is 22.4. The molecule has 5 rings (SSSR count). The average molecular weight is 531 g/mol. The van der Waals surface area contributed by atoms with Crippen LogP contribution in [-0.4, -0.2) is 48.0 Å². The molecule has 1 aliphatic heterocycles. The van der Waals surface area contributed by atoms with E-state index in [1.807, 2.05) is 69.2 Å². The minimum absolute atomic E-state index is 0.0824. The molecule has 38 heavy (non-hydrogen) atoms. The van der Waals surface area contributed by atoms with Crippen molar-refractivity contribution in [3.63, 3.8) is 0 Å². The van der Waals surface area contributed by atoms with Gasteiger partial charge in [-0.15, -0.1) is 0 Å². The van der Waals surface area contributed by atoms with Crippen molar-refractivity contribution in [2.75, 3.05) is 31.0 Å². The Morgan fingerprint density at radius 1 is 1.05 bits per heavy atom. The van der Waals surface area contributed by atoms with Gasteiger partial charge in [-0.05, 0) is 73.0 Å². The fraction of sp³-hybridized carbons (Fsp3) is 0.207. The van der Waals surface area contributed by atoms with Crippen LogP contribution in [0.15, 0.2) is 60.2 Å². The second-order valence-corrected chi connectivity index (χ2v) is 9.95. The second kappa shape index (κ2) is 9.54. The molecular weight excluding hydrogens is 504 g/mol. The molecular formula is C29H27ClN4O4. The van der Waals surface area contributed by atoms with E-state index < -0.39 is 17.7 Å². The Hall–Kier alpha value is -4.30. The molecule has 1 saturated heterocycles. The number of hydrogen-bond donors (Lipinski definition) is 2. The van der Waals surface area contributed by atoms with Crippen LogP contribution in [0.5, 0.6) is 5.75 Å². The van der Waals surface area contributed by atoms with E-state index in [1.54, 1.807) is 12.1 Å². The highest BCUT2D eigenvalue weighted by Crippen LogP contribution is 2.43. The van der Waals surface area contributed by atoms with E-state index in [1.165, 1.54) is 18.1 Å². The van der Waals surface area contributed by atoms with Crippen molar-refractivity contribution >= 4 is 51.7 Å². The molecule has 1 atom stereocenters. The maximum Gasteiger partial charge on any atom is 0.302 e. The van der Waals surface area contributed by atoms with Crippen molar-refractivity contribution in [2.24, 2.45) is 0 Å². The lowest BCUT2D eigenvalue weighted by molar-refractivity contribution is -0.132. The number of nitrogens with zero attached hydrogens (tertiary/aromatic N) is 3. The number of Topliss-reactive ketones (excluding diaryl/α,β-unsaturated/α-hetero) is 1. The summed E-state index contributed by atoms with van der Waals surface area (Å²) >= 11 is 6.21. The number of ketones is 1. The van der Waals surface area contributed by atoms with Crippen LogP contribution in [0.4, 0.5) is 11.6 Å². The number of benzene rings is 3. The molecule has 0 spiro atoms. The molecule has 1 amide bonds. The number of H-pyrrole nitrogens is 1. The van der Waals surface area contributed by atoms with Gasteiger partial charge in [0.05, 0.1) is 35.3 Å². The van der Waals surface area contributed by atoms with Crippen LogP contribution in [0.1, 0.15) is 28.3 Å². The van der Waals surface area contributed by atoms with Crippen molar-refractivity contribution in [1.82, 2.24) is 9.97 Å². The topological polar surface area (TPSA) is 98.8 Å². The molecule has 4 aromatic rings. The number of aliphatic hydroxyl groups excluding tert-OH is 1. The first-order valence-corrected chi connectivity index (χ1v) is 12.4. The number of aryl methyl sites for hydroxylation is 2. The summed E-state index contributed by atoms with van der Waals surface area (Å²) in [5, 5.41) is 11.8. The number of halogens is 1. The van der Waals surface area contributed by atoms with Gasteiger partial charge in [0.15, 0.2) is 0 Å². The molecule has 3 aromatic carbocycles. The quantitative estimate of drug-likeness (QED) is 0.200. The number of amides is 1. The molecule has 9 heteroatoms. The highest BCUT2D eigenvalue weighted by molar-refractivity contribution is 6.51. The molecule has 0 aliphatic carbocycles. The summed E-state index contributed by atoms with van der Waals surface area (Å²) in [4.78, 5) is 38.2. The second-order valence-electron chi connectivity index (χ2n) is 9.51. The van der Waals surface area contributed by atoms with Crippen LogP contribution in [0.2, 0.25) is 5.02 Å². The van der Waals surface area contributed by atoms with Crippen LogP contribution in [0.25, 0.3) is 16.8 Å². The number of nitrogens with one attached hydrogen (secondary N) is 1. The number of rotatable bonds is 5. The van der Waals surface area contributed by atoms with Gasteiger partial charge in [-0.1, -0.05) is 23.7 Å². The van der Waals surface area contributed by atoms with E-state index in [4.69, 9.17) is 16.3 Å². The Bertz CT molecular complexity index is 1580. The molecule has 0 radical (unpaired) electrons. The van der Waals surface area contributed by atoms with Crippen LogP contribution in [-0.2, 0) is 9.59 Å². The third kappa shape index (κ3) is 4.16. The standard InChI is InChI=1S/C29H27ClN4O4/c1-15-12-21-22(13-16(15)2)32-29(31-21)34-25(17-6-9-19(10-7-17)33(3)4)24(27(36)28(34)37)26(35)20-14-18(30)8-11-23(20)38-5/h6-14,25,35H,1-5H3,(H,31,32)/b26-24+. The van der Waals surface area contributed by atoms with Gasteiger partial charge in [0, 0.05) is 24.8 Å². The summed E-state index contributed by atoms with van der Waals surface area (Å²) < 4.78 is 5.41. The van der Waals surface area contributed by atoms with Crippen molar-refractivity contribution in [1.29, 1.82) is 0 Å². The largest absolute Gasteiger partial charge is 0.507 e. The number of aromatic amines is 1. The summed E-state index contributed by atoms with van der Waals surface area (Å²) in [5.41, 5.74) is 5.23. The zero-order valence-electron chi connectivity index (χ0n) is 21.7. The minimum atomic E-state index is -0.947. The normalized spacial score (nSPS) is 16.9. The third-order valence-corrected chi connectivity index (χ3v) is 7.13. The summed E-state index contributed by atoms with van der Waals surface area (Å²) in [6.07, 6.45) is 0. The molecule has 1 unspecified atom stereocenters. The summed E-state index contributed by atoms with van der Waals surface area (Å²) in [6.45, 7) is 3.98. The maximum atomic E-state index is 13.5. The Labute approximate surface area is 225 Å². The number of methoxy groups -OCH3 is 1. The van der Waals surface area contributed by atoms with Crippen LogP contribution < -0.4 is 14.5 Å². The Kier molecular flexibility index (Phi) is 6.36. The van der Waals surface area contributed by atoms with Crippen LogP contribution in [0, 0.1) is 13.8 Å². The smallest absolute Gasteiger partial charge is 0.302 e. The van der Waals surface area contributed by atoms with Crippen molar-refractivity contribution in [3.05, 3.63) is 87.4 Å². The number of fused-ring (bicyclic) bond motifs is 1. The lowest BCUT2D eigenvalue weighted by atomic mass is 9.95. The van der Waals surface area contributed by atoms with Crippen molar-refractivity contribution in [2.45, 2.75) is 19.9 Å². The lowest BCUT2D eigenvalue weighted by Crippen LogP contribution is -2.30. The SMILES string of the molecule is COc1ccc(Cl)cc1/C(O)=C1\C(=O)C(=O)N(c2nc3cc(C)c(C)cc3[nH]2)C1c1ccc(N(C)C)cc1. The van der Waals surface area contributed by atoms with Crippen molar-refractivity contribution in [3.8, 4) is 5.75 Å². The first-order valence-electron chi connectivity index (χ1n) is 12.0. The van der Waals surface area contributed by atoms with Gasteiger partial charge in [0.2, 0.25) is 5.95 Å². The number of aliphatic hydroxyl groups is 1. The molecule has 2 heterocycles. The molecule has 2 N–H and O–H groups in total. The van der Waals surface area contributed by atoms with Crippen molar-refractivity contribution < 1.29 is 19.4 Å². The van der Waals surface area contributed by atoms with Gasteiger partial charge in [0.25, 0.3) is 5.78 Å². The number of hydrogen-bond acceptors (Lipinski definition) is 6. The molecule has 1 aromatic heterocycles. The Morgan fingerprint density at radius 3 is 2.39 bits per heavy atom. The Balaban J connectivity index is 1.75. The van der Waals surface area contributed by atoms with E-state index >= 15 is 0 Å². The summed E-state index contributed by atoms with van der Waals surface area (Å²) in [6, 6.07) is 15.1. The molecule has 1 aliphatic rings. The predicted molar refractivity (Wildman–Crippen MR) is 149 cm³/mol. The predicted octanol–water partition coefficient (Wildman–Crippen LogP) is 5.53. The van der Waals surface area contributed by atoms with Gasteiger partial charge < -0.3 is 19.7 Å². The molecule has 0 bridgehead atoms. The summed E-state index contributed by atoms with van der Waals surface area (Å²) in [7, 11) is 5.30. The Morgan fingerprint density at radius 2 is 1.74 bits per heavy atom. The highest BCUT2D eigenvalue weighted by Gasteiger charge is 2.48. The van der Waals surface area contributed by atoms with E-state index in [0.29, 0.717) is 21.9 Å². The fourth-order valence-corrected chi connectivity index (χ4v) is 4.87. The van der Waals surface area contributed by atoms with Gasteiger partial charge in [-0.3, -0.25) is 14.5 Å². The van der Waals surface area contributed by atoms with Gasteiger partial charge in [0.1, 0.15) is 11.5 Å². The molecule has 8 nitrogen and oxygen atoms in total. The summed E-state index contributed by atoms with van der Waals surface area (Å²) in [5.74, 6) is -1.49. The monoisotopic (exact) mass is 530 g/mol. The van der Waals surface area contributed by atoms with E-state index in [0.717, 1.165) is 22.3 Å². The minimum Gasteiger partial charge on any atom is -0.507 e. The number of carbonyl (C=O) groups excluding carboxylic acids is 2. The number of anilines is 2. The van der Waals surface area contributed by atoms with E-state index in [9.17, 15) is 14.7 Å². The molecule has 0 saturated carbocycles. The number of aromatic nitrogens is 2. The maximum absolute atomic E-state index is 13.5. The number of ether oxygens (including phenoxy) is 1. The number of imidazole rings is 1. The van der Waals surface area contributed by atoms with Gasteiger partial charge in [-0.2, -0.15) is 0 Å². The molecule has 194 valence electrons. The van der Waals surface area contributed by atoms with E-state index in [2.05, 4.69) is 9.97 Å². The van der Waals surface area contributed by atoms with E-state index in [-0.39, 0.29) is 22.8 Å².